The van der Waals surface area contributed by atoms with E-state index < -0.39 is 0 Å². The molecule has 0 unspecified atom stereocenters. The van der Waals surface area contributed by atoms with Crippen molar-refractivity contribution >= 4 is 5.91 Å². The molecule has 1 rings (SSSR count). The molecule has 0 spiro atoms. The molecule has 1 aliphatic rings. The number of ether oxygens (including phenoxy) is 1. The Morgan fingerprint density at radius 2 is 2.00 bits per heavy atom. The minimum absolute atomic E-state index is 0.0208. The molecule has 1 fully saturated rings. The van der Waals surface area contributed by atoms with Gasteiger partial charge in [0.25, 0.3) is 0 Å². The number of amides is 1. The Bertz CT molecular complexity index is 174. The van der Waals surface area contributed by atoms with Gasteiger partial charge in [-0.1, -0.05) is 13.3 Å². The highest BCUT2D eigenvalue weighted by molar-refractivity contribution is 5.77. The predicted molar refractivity (Wildman–Crippen MR) is 56.1 cm³/mol. The third-order valence-electron chi connectivity index (χ3n) is 3.06. The van der Waals surface area contributed by atoms with Gasteiger partial charge in [0, 0.05) is 13.2 Å². The van der Waals surface area contributed by atoms with Crippen LogP contribution in [0.2, 0.25) is 0 Å². The normalized spacial score (nSPS) is 27.3. The largest absolute Gasteiger partial charge is 0.375 e. The van der Waals surface area contributed by atoms with Crippen molar-refractivity contribution in [3.8, 4) is 0 Å². The van der Waals surface area contributed by atoms with Crippen LogP contribution in [0.4, 0.5) is 0 Å². The molecule has 0 aromatic carbocycles. The molecule has 1 N–H and O–H groups in total. The van der Waals surface area contributed by atoms with E-state index in [0.717, 1.165) is 18.8 Å². The van der Waals surface area contributed by atoms with Gasteiger partial charge >= 0.3 is 0 Å². The first-order chi connectivity index (χ1) is 6.76. The molecule has 0 heterocycles. The van der Waals surface area contributed by atoms with E-state index in [4.69, 9.17) is 4.74 Å². The van der Waals surface area contributed by atoms with E-state index in [1.54, 1.807) is 7.11 Å². The van der Waals surface area contributed by atoms with Crippen molar-refractivity contribution in [2.75, 3.05) is 13.7 Å². The van der Waals surface area contributed by atoms with Gasteiger partial charge in [0.1, 0.15) is 6.61 Å². The van der Waals surface area contributed by atoms with Crippen LogP contribution in [-0.4, -0.2) is 25.7 Å². The lowest BCUT2D eigenvalue weighted by atomic mass is 9.84. The van der Waals surface area contributed by atoms with Crippen molar-refractivity contribution in [1.82, 2.24) is 5.32 Å². The first-order valence-electron chi connectivity index (χ1n) is 5.54. The number of nitrogens with one attached hydrogen (secondary N) is 1. The maximum absolute atomic E-state index is 11.2. The van der Waals surface area contributed by atoms with Gasteiger partial charge in [0.15, 0.2) is 0 Å². The Labute approximate surface area is 86.2 Å². The molecule has 1 aliphatic carbocycles. The van der Waals surface area contributed by atoms with E-state index in [9.17, 15) is 4.79 Å². The van der Waals surface area contributed by atoms with Gasteiger partial charge in [0.05, 0.1) is 0 Å². The molecule has 0 aromatic heterocycles. The van der Waals surface area contributed by atoms with Crippen LogP contribution < -0.4 is 5.32 Å². The Hall–Kier alpha value is -0.570. The standard InChI is InChI=1S/C11H21NO2/c1-3-9-4-6-10(7-5-9)12-11(13)8-14-2/h9-10H,3-8H2,1-2H3,(H,12,13). The second-order valence-corrected chi connectivity index (χ2v) is 4.13. The molecule has 1 saturated carbocycles. The molecule has 3 heteroatoms. The van der Waals surface area contributed by atoms with Crippen molar-refractivity contribution < 1.29 is 9.53 Å². The highest BCUT2D eigenvalue weighted by Crippen LogP contribution is 2.26. The smallest absolute Gasteiger partial charge is 0.246 e. The molecule has 0 atom stereocenters. The number of hydrogen-bond acceptors (Lipinski definition) is 2. The van der Waals surface area contributed by atoms with Gasteiger partial charge in [-0.3, -0.25) is 4.79 Å². The molecular formula is C11H21NO2. The predicted octanol–water partition coefficient (Wildman–Crippen LogP) is 1.72. The van der Waals surface area contributed by atoms with Crippen molar-refractivity contribution in [3.63, 3.8) is 0 Å². The van der Waals surface area contributed by atoms with Gasteiger partial charge in [-0.15, -0.1) is 0 Å². The first-order valence-corrected chi connectivity index (χ1v) is 5.54. The molecule has 14 heavy (non-hydrogen) atoms. The quantitative estimate of drug-likeness (QED) is 0.748. The fourth-order valence-corrected chi connectivity index (χ4v) is 2.12. The zero-order valence-electron chi connectivity index (χ0n) is 9.21. The minimum Gasteiger partial charge on any atom is -0.375 e. The van der Waals surface area contributed by atoms with Crippen LogP contribution in [0.25, 0.3) is 0 Å². The monoisotopic (exact) mass is 199 g/mol. The molecule has 3 nitrogen and oxygen atoms in total. The second kappa shape index (κ2) is 6.02. The lowest BCUT2D eigenvalue weighted by Gasteiger charge is -2.28. The molecule has 0 bridgehead atoms. The topological polar surface area (TPSA) is 38.3 Å². The summed E-state index contributed by atoms with van der Waals surface area (Å²) in [6.45, 7) is 2.43. The molecule has 0 radical (unpaired) electrons. The Balaban J connectivity index is 2.18. The van der Waals surface area contributed by atoms with Crippen LogP contribution in [0.1, 0.15) is 39.0 Å². The van der Waals surface area contributed by atoms with Gasteiger partial charge in [-0.05, 0) is 31.6 Å². The van der Waals surface area contributed by atoms with Crippen molar-refractivity contribution in [3.05, 3.63) is 0 Å². The summed E-state index contributed by atoms with van der Waals surface area (Å²) in [6.07, 6.45) is 6.06. The molecule has 1 amide bonds. The zero-order chi connectivity index (χ0) is 10.4. The van der Waals surface area contributed by atoms with Gasteiger partial charge < -0.3 is 10.1 Å². The van der Waals surface area contributed by atoms with Crippen LogP contribution in [0.15, 0.2) is 0 Å². The summed E-state index contributed by atoms with van der Waals surface area (Å²) in [5.41, 5.74) is 0. The number of carbonyl (C=O) groups is 1. The first kappa shape index (κ1) is 11.5. The van der Waals surface area contributed by atoms with E-state index in [1.165, 1.54) is 19.3 Å². The summed E-state index contributed by atoms with van der Waals surface area (Å²) in [5, 5.41) is 3.00. The van der Waals surface area contributed by atoms with Crippen LogP contribution in [0, 0.1) is 5.92 Å². The Morgan fingerprint density at radius 1 is 1.36 bits per heavy atom. The van der Waals surface area contributed by atoms with E-state index in [0.29, 0.717) is 6.04 Å². The summed E-state index contributed by atoms with van der Waals surface area (Å²) in [5.74, 6) is 0.901. The van der Waals surface area contributed by atoms with E-state index in [1.807, 2.05) is 0 Å². The molecule has 82 valence electrons. The van der Waals surface area contributed by atoms with Crippen LogP contribution in [0.5, 0.6) is 0 Å². The fourth-order valence-electron chi connectivity index (χ4n) is 2.12. The Morgan fingerprint density at radius 3 is 2.50 bits per heavy atom. The number of carbonyl (C=O) groups excluding carboxylic acids is 1. The van der Waals surface area contributed by atoms with Crippen LogP contribution in [-0.2, 0) is 9.53 Å². The summed E-state index contributed by atoms with van der Waals surface area (Å²) in [7, 11) is 1.55. The molecule has 0 aliphatic heterocycles. The maximum atomic E-state index is 11.2. The number of rotatable bonds is 4. The van der Waals surface area contributed by atoms with Gasteiger partial charge in [0.2, 0.25) is 5.91 Å². The third kappa shape index (κ3) is 3.66. The highest BCUT2D eigenvalue weighted by Gasteiger charge is 2.20. The summed E-state index contributed by atoms with van der Waals surface area (Å²) in [6, 6.07) is 0.389. The van der Waals surface area contributed by atoms with E-state index in [-0.39, 0.29) is 12.5 Å². The third-order valence-corrected chi connectivity index (χ3v) is 3.06. The number of methoxy groups -OCH3 is 1. The summed E-state index contributed by atoms with van der Waals surface area (Å²) in [4.78, 5) is 11.2. The SMILES string of the molecule is CCC1CCC(NC(=O)COC)CC1. The van der Waals surface area contributed by atoms with Crippen molar-refractivity contribution in [1.29, 1.82) is 0 Å². The molecular weight excluding hydrogens is 178 g/mol. The van der Waals surface area contributed by atoms with E-state index in [2.05, 4.69) is 12.2 Å². The van der Waals surface area contributed by atoms with Gasteiger partial charge in [-0.2, -0.15) is 0 Å². The molecule has 0 saturated heterocycles. The maximum Gasteiger partial charge on any atom is 0.246 e. The van der Waals surface area contributed by atoms with Crippen molar-refractivity contribution in [2.24, 2.45) is 5.92 Å². The average Bonchev–Trinajstić information content (AvgIpc) is 2.19. The summed E-state index contributed by atoms with van der Waals surface area (Å²) < 4.78 is 4.78. The lowest BCUT2D eigenvalue weighted by Crippen LogP contribution is -2.39. The van der Waals surface area contributed by atoms with E-state index >= 15 is 0 Å². The van der Waals surface area contributed by atoms with Crippen molar-refractivity contribution in [2.45, 2.75) is 45.1 Å². The minimum atomic E-state index is 0.0208. The second-order valence-electron chi connectivity index (χ2n) is 4.13. The number of hydrogen-bond donors (Lipinski definition) is 1. The van der Waals surface area contributed by atoms with Crippen LogP contribution in [0.3, 0.4) is 0 Å². The molecule has 0 aromatic rings. The highest BCUT2D eigenvalue weighted by atomic mass is 16.5. The lowest BCUT2D eigenvalue weighted by molar-refractivity contribution is -0.125. The van der Waals surface area contributed by atoms with Gasteiger partial charge in [-0.25, -0.2) is 0 Å². The van der Waals surface area contributed by atoms with Crippen LogP contribution >= 0.6 is 0 Å². The fraction of sp³-hybridized carbons (Fsp3) is 0.909. The average molecular weight is 199 g/mol. The Kier molecular flexibility index (Phi) is 4.94. The summed E-state index contributed by atoms with van der Waals surface area (Å²) >= 11 is 0. The zero-order valence-corrected chi connectivity index (χ0v) is 9.21.